The molecule has 10 heteroatoms. The lowest BCUT2D eigenvalue weighted by Crippen LogP contribution is -2.59. The lowest BCUT2D eigenvalue weighted by molar-refractivity contribution is -0.142. The summed E-state index contributed by atoms with van der Waals surface area (Å²) in [5, 5.41) is 22.1. The highest BCUT2D eigenvalue weighted by atomic mass is 16.4. The van der Waals surface area contributed by atoms with Crippen molar-refractivity contribution in [2.24, 2.45) is 11.8 Å². The quantitative estimate of drug-likeness (QED) is 0.254. The number of carboxylic acid groups (broad SMARTS) is 1. The van der Waals surface area contributed by atoms with Gasteiger partial charge in [-0.3, -0.25) is 14.4 Å². The van der Waals surface area contributed by atoms with Crippen LogP contribution in [0.5, 0.6) is 0 Å². The summed E-state index contributed by atoms with van der Waals surface area (Å²) in [5.74, 6) is -2.90. The van der Waals surface area contributed by atoms with Gasteiger partial charge in [-0.2, -0.15) is 0 Å². The third-order valence-corrected chi connectivity index (χ3v) is 7.13. The molecule has 1 saturated heterocycles. The van der Waals surface area contributed by atoms with Crippen molar-refractivity contribution in [2.45, 2.75) is 77.5 Å². The molecular formula is C27H39N5O5. The van der Waals surface area contributed by atoms with Crippen LogP contribution in [0.4, 0.5) is 0 Å². The second-order valence-electron chi connectivity index (χ2n) is 10.2. The van der Waals surface area contributed by atoms with Crippen LogP contribution < -0.4 is 21.3 Å². The van der Waals surface area contributed by atoms with E-state index in [0.29, 0.717) is 12.8 Å². The van der Waals surface area contributed by atoms with E-state index >= 15 is 0 Å². The molecule has 1 aromatic heterocycles. The van der Waals surface area contributed by atoms with E-state index in [-0.39, 0.29) is 30.2 Å². The third kappa shape index (κ3) is 7.09. The predicted molar refractivity (Wildman–Crippen MR) is 141 cm³/mol. The first-order valence-corrected chi connectivity index (χ1v) is 13.0. The summed E-state index contributed by atoms with van der Waals surface area (Å²) in [6, 6.07) is 4.26. The molecule has 0 saturated carbocycles. The molecule has 0 spiro atoms. The largest absolute Gasteiger partial charge is 0.480 e. The first kappa shape index (κ1) is 28.2. The van der Waals surface area contributed by atoms with E-state index in [1.54, 1.807) is 6.20 Å². The Hall–Kier alpha value is -3.40. The van der Waals surface area contributed by atoms with Gasteiger partial charge in [-0.1, -0.05) is 52.3 Å². The Balaban J connectivity index is 1.72. The second-order valence-corrected chi connectivity index (χ2v) is 10.2. The van der Waals surface area contributed by atoms with Crippen LogP contribution in [-0.2, 0) is 25.6 Å². The summed E-state index contributed by atoms with van der Waals surface area (Å²) < 4.78 is 0. The SMILES string of the molecule is CCC(C)C(NC(=O)C(NC(=O)C1CCCN1)C(C)C)C(=O)NC(Cc1c[nH]c2ccccc12)C(=O)O. The Bertz CT molecular complexity index is 1110. The van der Waals surface area contributed by atoms with Gasteiger partial charge >= 0.3 is 5.97 Å². The number of H-pyrrole nitrogens is 1. The van der Waals surface area contributed by atoms with Gasteiger partial charge < -0.3 is 31.4 Å². The van der Waals surface area contributed by atoms with Crippen LogP contribution in [0.2, 0.25) is 0 Å². The Kier molecular flexibility index (Phi) is 9.68. The highest BCUT2D eigenvalue weighted by molar-refractivity contribution is 5.94. The molecule has 2 heterocycles. The second kappa shape index (κ2) is 12.7. The third-order valence-electron chi connectivity index (χ3n) is 7.13. The molecule has 6 N–H and O–H groups in total. The van der Waals surface area contributed by atoms with Gasteiger partial charge in [-0.15, -0.1) is 0 Å². The average molecular weight is 514 g/mol. The fourth-order valence-corrected chi connectivity index (χ4v) is 4.62. The van der Waals surface area contributed by atoms with E-state index in [0.717, 1.165) is 29.4 Å². The van der Waals surface area contributed by atoms with Crippen LogP contribution in [0.15, 0.2) is 30.5 Å². The molecule has 3 rings (SSSR count). The molecule has 3 amide bonds. The van der Waals surface area contributed by atoms with E-state index in [9.17, 15) is 24.3 Å². The topological polar surface area (TPSA) is 152 Å². The molecule has 202 valence electrons. The maximum absolute atomic E-state index is 13.3. The van der Waals surface area contributed by atoms with E-state index in [2.05, 4.69) is 26.3 Å². The average Bonchev–Trinajstić information content (AvgIpc) is 3.55. The molecule has 0 aliphatic carbocycles. The zero-order chi connectivity index (χ0) is 27.1. The van der Waals surface area contributed by atoms with Crippen molar-refractivity contribution in [3.8, 4) is 0 Å². The summed E-state index contributed by atoms with van der Waals surface area (Å²) in [5.41, 5.74) is 1.66. The number of amides is 3. The van der Waals surface area contributed by atoms with Gasteiger partial charge in [0, 0.05) is 23.5 Å². The summed E-state index contributed by atoms with van der Waals surface area (Å²) in [6.07, 6.45) is 4.03. The van der Waals surface area contributed by atoms with Crippen LogP contribution in [0.1, 0.15) is 52.5 Å². The van der Waals surface area contributed by atoms with Crippen molar-refractivity contribution in [3.63, 3.8) is 0 Å². The number of rotatable bonds is 12. The van der Waals surface area contributed by atoms with Crippen molar-refractivity contribution in [1.82, 2.24) is 26.3 Å². The van der Waals surface area contributed by atoms with Gasteiger partial charge in [0.25, 0.3) is 0 Å². The molecular weight excluding hydrogens is 474 g/mol. The standard InChI is InChI=1S/C27H39N5O5/c1-5-16(4)23(32-25(34)22(15(2)3)31-24(33)20-11-8-12-28-20)26(35)30-21(27(36)37)13-17-14-29-19-10-7-6-9-18(17)19/h6-7,9-10,14-16,20-23,28-29H,5,8,11-13H2,1-4H3,(H,30,35)(H,31,33)(H,32,34)(H,36,37). The maximum Gasteiger partial charge on any atom is 0.326 e. The number of benzene rings is 1. The Morgan fingerprint density at radius 1 is 1.03 bits per heavy atom. The number of fused-ring (bicyclic) bond motifs is 1. The van der Waals surface area contributed by atoms with Gasteiger partial charge in [0.1, 0.15) is 18.1 Å². The normalized spacial score (nSPS) is 18.7. The molecule has 1 fully saturated rings. The minimum atomic E-state index is -1.18. The van der Waals surface area contributed by atoms with Gasteiger partial charge in [0.2, 0.25) is 17.7 Å². The Morgan fingerprint density at radius 3 is 2.35 bits per heavy atom. The zero-order valence-corrected chi connectivity index (χ0v) is 22.0. The Morgan fingerprint density at radius 2 is 1.73 bits per heavy atom. The summed E-state index contributed by atoms with van der Waals surface area (Å²) in [7, 11) is 0. The minimum Gasteiger partial charge on any atom is -0.480 e. The molecule has 0 bridgehead atoms. The summed E-state index contributed by atoms with van der Waals surface area (Å²) >= 11 is 0. The number of aliphatic carboxylic acids is 1. The highest BCUT2D eigenvalue weighted by Crippen LogP contribution is 2.19. The monoisotopic (exact) mass is 513 g/mol. The maximum atomic E-state index is 13.3. The lowest BCUT2D eigenvalue weighted by atomic mass is 9.95. The highest BCUT2D eigenvalue weighted by Gasteiger charge is 2.34. The van der Waals surface area contributed by atoms with Crippen molar-refractivity contribution < 1.29 is 24.3 Å². The van der Waals surface area contributed by atoms with Gasteiger partial charge in [0.05, 0.1) is 6.04 Å². The number of para-hydroxylation sites is 1. The molecule has 37 heavy (non-hydrogen) atoms. The minimum absolute atomic E-state index is 0.0886. The molecule has 10 nitrogen and oxygen atoms in total. The van der Waals surface area contributed by atoms with E-state index in [1.807, 2.05) is 52.0 Å². The van der Waals surface area contributed by atoms with Gasteiger partial charge in [-0.25, -0.2) is 4.79 Å². The molecule has 1 aliphatic rings. The number of aromatic amines is 1. The fourth-order valence-electron chi connectivity index (χ4n) is 4.62. The van der Waals surface area contributed by atoms with E-state index < -0.39 is 35.9 Å². The van der Waals surface area contributed by atoms with E-state index in [1.165, 1.54) is 0 Å². The van der Waals surface area contributed by atoms with Crippen molar-refractivity contribution in [1.29, 1.82) is 0 Å². The van der Waals surface area contributed by atoms with Crippen molar-refractivity contribution >= 4 is 34.6 Å². The fraction of sp³-hybridized carbons (Fsp3) is 0.556. The first-order valence-electron chi connectivity index (χ1n) is 13.0. The van der Waals surface area contributed by atoms with Gasteiger partial charge in [-0.05, 0) is 42.9 Å². The zero-order valence-electron chi connectivity index (χ0n) is 22.0. The summed E-state index contributed by atoms with van der Waals surface area (Å²) in [6.45, 7) is 8.13. The molecule has 2 aromatic rings. The number of carboxylic acids is 1. The molecule has 5 atom stereocenters. The van der Waals surface area contributed by atoms with Crippen LogP contribution in [0.25, 0.3) is 10.9 Å². The van der Waals surface area contributed by atoms with Crippen LogP contribution in [0, 0.1) is 11.8 Å². The number of hydrogen-bond acceptors (Lipinski definition) is 5. The van der Waals surface area contributed by atoms with Gasteiger partial charge in [0.15, 0.2) is 0 Å². The number of carbonyl (C=O) groups excluding carboxylic acids is 3. The van der Waals surface area contributed by atoms with Crippen LogP contribution in [0.3, 0.4) is 0 Å². The number of hydrogen-bond donors (Lipinski definition) is 6. The number of aromatic nitrogens is 1. The lowest BCUT2D eigenvalue weighted by Gasteiger charge is -2.29. The molecule has 1 aromatic carbocycles. The summed E-state index contributed by atoms with van der Waals surface area (Å²) in [4.78, 5) is 54.4. The Labute approximate surface area is 217 Å². The van der Waals surface area contributed by atoms with Crippen LogP contribution >= 0.6 is 0 Å². The van der Waals surface area contributed by atoms with E-state index in [4.69, 9.17) is 0 Å². The number of nitrogens with one attached hydrogen (secondary N) is 5. The molecule has 0 radical (unpaired) electrons. The molecule has 1 aliphatic heterocycles. The number of carbonyl (C=O) groups is 4. The van der Waals surface area contributed by atoms with Crippen molar-refractivity contribution in [2.75, 3.05) is 6.54 Å². The van der Waals surface area contributed by atoms with Crippen molar-refractivity contribution in [3.05, 3.63) is 36.0 Å². The van der Waals surface area contributed by atoms with Crippen LogP contribution in [-0.4, -0.2) is 64.5 Å². The first-order chi connectivity index (χ1) is 17.6. The predicted octanol–water partition coefficient (Wildman–Crippen LogP) is 1.70. The smallest absolute Gasteiger partial charge is 0.326 e. The molecule has 5 unspecified atom stereocenters.